The normalized spacial score (nSPS) is 34.0. The van der Waals surface area contributed by atoms with E-state index < -0.39 is 0 Å². The summed E-state index contributed by atoms with van der Waals surface area (Å²) >= 11 is 0. The molecule has 1 aliphatic heterocycles. The van der Waals surface area contributed by atoms with Gasteiger partial charge in [0.25, 0.3) is 0 Å². The minimum Gasteiger partial charge on any atom is -0.367 e. The van der Waals surface area contributed by atoms with E-state index in [0.29, 0.717) is 11.5 Å². The van der Waals surface area contributed by atoms with Crippen molar-refractivity contribution in [2.75, 3.05) is 18.4 Å². The largest absolute Gasteiger partial charge is 0.367 e. The first kappa shape index (κ1) is 13.5. The van der Waals surface area contributed by atoms with E-state index >= 15 is 0 Å². The van der Waals surface area contributed by atoms with Crippen molar-refractivity contribution in [2.24, 2.45) is 5.41 Å². The Labute approximate surface area is 127 Å². The average molecular weight is 286 g/mol. The number of likely N-dealkylation sites (tertiary alicyclic amines) is 1. The van der Waals surface area contributed by atoms with Gasteiger partial charge in [-0.1, -0.05) is 19.3 Å². The van der Waals surface area contributed by atoms with Gasteiger partial charge in [-0.2, -0.15) is 0 Å². The molecule has 1 saturated heterocycles. The molecule has 0 amide bonds. The molecule has 4 heteroatoms. The predicted octanol–water partition coefficient (Wildman–Crippen LogP) is 3.08. The summed E-state index contributed by atoms with van der Waals surface area (Å²) in [5.41, 5.74) is 0.613. The van der Waals surface area contributed by atoms with Gasteiger partial charge < -0.3 is 5.32 Å². The molecule has 114 valence electrons. The van der Waals surface area contributed by atoms with Crippen LogP contribution in [0.25, 0.3) is 0 Å². The van der Waals surface area contributed by atoms with Gasteiger partial charge in [-0.3, -0.25) is 4.90 Å². The monoisotopic (exact) mass is 286 g/mol. The maximum atomic E-state index is 4.27. The van der Waals surface area contributed by atoms with Crippen LogP contribution in [0.4, 0.5) is 5.82 Å². The van der Waals surface area contributed by atoms with Crippen LogP contribution in [-0.2, 0) is 0 Å². The molecule has 1 N–H and O–H groups in total. The van der Waals surface area contributed by atoms with E-state index in [1.54, 1.807) is 6.33 Å². The van der Waals surface area contributed by atoms with Gasteiger partial charge in [0.2, 0.25) is 0 Å². The molecule has 0 aromatic carbocycles. The van der Waals surface area contributed by atoms with Crippen LogP contribution in [0.3, 0.4) is 0 Å². The third-order valence-corrected chi connectivity index (χ3v) is 5.85. The molecule has 1 aromatic rings. The standard InChI is InChI=1S/C17H26N4/c1-2-4-15(5-3-1)21-9-7-17(12-21)10-14(11-17)20-16-6-8-18-13-19-16/h6,8,13-15H,1-5,7,9-12H2,(H,18,19,20). The van der Waals surface area contributed by atoms with Gasteiger partial charge in [0.05, 0.1) is 0 Å². The van der Waals surface area contributed by atoms with Crippen molar-refractivity contribution in [1.82, 2.24) is 14.9 Å². The summed E-state index contributed by atoms with van der Waals surface area (Å²) < 4.78 is 0. The van der Waals surface area contributed by atoms with Crippen LogP contribution in [0.15, 0.2) is 18.6 Å². The third kappa shape index (κ3) is 2.78. The van der Waals surface area contributed by atoms with Crippen molar-refractivity contribution in [1.29, 1.82) is 0 Å². The van der Waals surface area contributed by atoms with Crippen LogP contribution in [0, 0.1) is 5.41 Å². The molecule has 2 aliphatic carbocycles. The second-order valence-corrected chi connectivity index (χ2v) is 7.36. The fourth-order valence-electron chi connectivity index (χ4n) is 4.73. The van der Waals surface area contributed by atoms with E-state index in [-0.39, 0.29) is 0 Å². The molecule has 2 heterocycles. The van der Waals surface area contributed by atoms with Gasteiger partial charge in [-0.05, 0) is 50.1 Å². The number of anilines is 1. The first-order valence-electron chi connectivity index (χ1n) is 8.60. The van der Waals surface area contributed by atoms with Crippen LogP contribution in [-0.4, -0.2) is 40.0 Å². The Balaban J connectivity index is 1.29. The van der Waals surface area contributed by atoms with Crippen LogP contribution < -0.4 is 5.32 Å². The van der Waals surface area contributed by atoms with E-state index in [9.17, 15) is 0 Å². The maximum absolute atomic E-state index is 4.27. The summed E-state index contributed by atoms with van der Waals surface area (Å²) in [6.07, 6.45) is 14.7. The van der Waals surface area contributed by atoms with E-state index in [1.165, 1.54) is 64.5 Å². The Morgan fingerprint density at radius 1 is 1.19 bits per heavy atom. The molecular weight excluding hydrogens is 260 g/mol. The average Bonchev–Trinajstić information content (AvgIpc) is 2.94. The first-order valence-corrected chi connectivity index (χ1v) is 8.60. The topological polar surface area (TPSA) is 41.0 Å². The van der Waals surface area contributed by atoms with Crippen molar-refractivity contribution < 1.29 is 0 Å². The summed E-state index contributed by atoms with van der Waals surface area (Å²) in [4.78, 5) is 11.0. The zero-order valence-corrected chi connectivity index (χ0v) is 12.8. The summed E-state index contributed by atoms with van der Waals surface area (Å²) in [5.74, 6) is 0.979. The third-order valence-electron chi connectivity index (χ3n) is 5.85. The van der Waals surface area contributed by atoms with Crippen molar-refractivity contribution in [3.63, 3.8) is 0 Å². The van der Waals surface area contributed by atoms with Crippen molar-refractivity contribution in [3.8, 4) is 0 Å². The Morgan fingerprint density at radius 3 is 2.81 bits per heavy atom. The van der Waals surface area contributed by atoms with Gasteiger partial charge in [0.1, 0.15) is 12.1 Å². The molecule has 0 unspecified atom stereocenters. The van der Waals surface area contributed by atoms with Gasteiger partial charge in [-0.15, -0.1) is 0 Å². The molecular formula is C17H26N4. The van der Waals surface area contributed by atoms with E-state index in [2.05, 4.69) is 20.2 Å². The number of hydrogen-bond donors (Lipinski definition) is 1. The van der Waals surface area contributed by atoms with Crippen molar-refractivity contribution in [2.45, 2.75) is 63.5 Å². The lowest BCUT2D eigenvalue weighted by atomic mass is 9.65. The lowest BCUT2D eigenvalue weighted by molar-refractivity contribution is 0.0998. The maximum Gasteiger partial charge on any atom is 0.129 e. The summed E-state index contributed by atoms with van der Waals surface area (Å²) in [6.45, 7) is 2.69. The number of rotatable bonds is 3. The highest BCUT2D eigenvalue weighted by Gasteiger charge is 2.49. The van der Waals surface area contributed by atoms with E-state index in [1.807, 2.05) is 12.3 Å². The second kappa shape index (κ2) is 5.56. The zero-order chi connectivity index (χ0) is 14.1. The first-order chi connectivity index (χ1) is 10.3. The van der Waals surface area contributed by atoms with E-state index in [4.69, 9.17) is 0 Å². The molecule has 21 heavy (non-hydrogen) atoms. The molecule has 0 radical (unpaired) electrons. The highest BCUT2D eigenvalue weighted by Crippen LogP contribution is 2.50. The molecule has 0 atom stereocenters. The molecule has 4 rings (SSSR count). The van der Waals surface area contributed by atoms with Crippen molar-refractivity contribution in [3.05, 3.63) is 18.6 Å². The highest BCUT2D eigenvalue weighted by molar-refractivity contribution is 5.34. The Kier molecular flexibility index (Phi) is 3.57. The minimum atomic E-state index is 0.613. The summed E-state index contributed by atoms with van der Waals surface area (Å²) in [7, 11) is 0. The number of aromatic nitrogens is 2. The smallest absolute Gasteiger partial charge is 0.129 e. The van der Waals surface area contributed by atoms with Gasteiger partial charge in [0, 0.05) is 24.8 Å². The van der Waals surface area contributed by atoms with Crippen molar-refractivity contribution >= 4 is 5.82 Å². The molecule has 2 saturated carbocycles. The summed E-state index contributed by atoms with van der Waals surface area (Å²) in [5, 5.41) is 3.55. The van der Waals surface area contributed by atoms with Gasteiger partial charge in [-0.25, -0.2) is 9.97 Å². The predicted molar refractivity (Wildman–Crippen MR) is 84.2 cm³/mol. The molecule has 1 aromatic heterocycles. The quantitative estimate of drug-likeness (QED) is 0.927. The minimum absolute atomic E-state index is 0.613. The molecule has 0 bridgehead atoms. The second-order valence-electron chi connectivity index (χ2n) is 7.36. The SMILES string of the molecule is c1cc(NC2CC3(CCN(C4CCCCC4)C3)C2)ncn1. The van der Waals surface area contributed by atoms with Gasteiger partial charge >= 0.3 is 0 Å². The number of hydrogen-bond acceptors (Lipinski definition) is 4. The lowest BCUT2D eigenvalue weighted by Crippen LogP contribution is -2.48. The van der Waals surface area contributed by atoms with Crippen LogP contribution >= 0.6 is 0 Å². The Morgan fingerprint density at radius 2 is 2.05 bits per heavy atom. The number of nitrogens with one attached hydrogen (secondary N) is 1. The van der Waals surface area contributed by atoms with Crippen LogP contribution in [0.5, 0.6) is 0 Å². The van der Waals surface area contributed by atoms with Gasteiger partial charge in [0.15, 0.2) is 0 Å². The fourth-order valence-corrected chi connectivity index (χ4v) is 4.73. The highest BCUT2D eigenvalue weighted by atomic mass is 15.2. The lowest BCUT2D eigenvalue weighted by Gasteiger charge is -2.46. The molecule has 3 fully saturated rings. The summed E-state index contributed by atoms with van der Waals surface area (Å²) in [6, 6.07) is 3.48. The number of nitrogens with zero attached hydrogens (tertiary/aromatic N) is 3. The van der Waals surface area contributed by atoms with Crippen LogP contribution in [0.2, 0.25) is 0 Å². The Hall–Kier alpha value is -1.16. The molecule has 4 nitrogen and oxygen atoms in total. The van der Waals surface area contributed by atoms with Crippen LogP contribution in [0.1, 0.15) is 51.4 Å². The Bertz CT molecular complexity index is 463. The zero-order valence-electron chi connectivity index (χ0n) is 12.8. The fraction of sp³-hybridized carbons (Fsp3) is 0.765. The molecule has 3 aliphatic rings. The molecule has 1 spiro atoms. The van der Waals surface area contributed by atoms with E-state index in [0.717, 1.165) is 11.9 Å².